The van der Waals surface area contributed by atoms with Crippen molar-refractivity contribution in [3.8, 4) is 6.07 Å². The number of fused-ring (bicyclic) bond motifs is 1. The highest BCUT2D eigenvalue weighted by molar-refractivity contribution is 6.30. The Morgan fingerprint density at radius 2 is 2.33 bits per heavy atom. The Balaban J connectivity index is 2.26. The van der Waals surface area contributed by atoms with E-state index in [1.54, 1.807) is 18.6 Å². The third-order valence-corrected chi connectivity index (χ3v) is 2.32. The van der Waals surface area contributed by atoms with E-state index >= 15 is 0 Å². The van der Waals surface area contributed by atoms with Crippen LogP contribution >= 0.6 is 11.6 Å². The van der Waals surface area contributed by atoms with Crippen LogP contribution in [-0.2, 0) is 6.54 Å². The van der Waals surface area contributed by atoms with Gasteiger partial charge in [-0.05, 0) is 12.5 Å². The van der Waals surface area contributed by atoms with Crippen LogP contribution in [-0.4, -0.2) is 14.5 Å². The minimum Gasteiger partial charge on any atom is -0.315 e. The monoisotopic (exact) mass is 220 g/mol. The highest BCUT2D eigenvalue weighted by Gasteiger charge is 2.03. The molecule has 4 nitrogen and oxygen atoms in total. The second kappa shape index (κ2) is 4.28. The van der Waals surface area contributed by atoms with Crippen molar-refractivity contribution in [1.82, 2.24) is 14.5 Å². The number of aromatic nitrogens is 3. The molecule has 0 unspecified atom stereocenters. The van der Waals surface area contributed by atoms with Crippen molar-refractivity contribution in [2.45, 2.75) is 19.4 Å². The van der Waals surface area contributed by atoms with Gasteiger partial charge in [-0.25, -0.2) is 9.97 Å². The normalized spacial score (nSPS) is 10.4. The first-order valence-corrected chi connectivity index (χ1v) is 5.02. The molecule has 0 saturated carbocycles. The second-order valence-electron chi connectivity index (χ2n) is 3.20. The van der Waals surface area contributed by atoms with Gasteiger partial charge in [0.25, 0.3) is 0 Å². The van der Waals surface area contributed by atoms with E-state index in [0.29, 0.717) is 11.4 Å². The second-order valence-corrected chi connectivity index (χ2v) is 3.63. The molecule has 0 N–H and O–H groups in total. The summed E-state index contributed by atoms with van der Waals surface area (Å²) in [7, 11) is 0. The van der Waals surface area contributed by atoms with Gasteiger partial charge in [0.1, 0.15) is 5.52 Å². The molecule has 0 atom stereocenters. The van der Waals surface area contributed by atoms with Gasteiger partial charge >= 0.3 is 0 Å². The Hall–Kier alpha value is -1.60. The molecular formula is C10H9ClN4. The van der Waals surface area contributed by atoms with Gasteiger partial charge in [0, 0.05) is 19.2 Å². The van der Waals surface area contributed by atoms with E-state index in [1.165, 1.54) is 0 Å². The van der Waals surface area contributed by atoms with Crippen LogP contribution in [0.25, 0.3) is 11.2 Å². The summed E-state index contributed by atoms with van der Waals surface area (Å²) in [5, 5.41) is 9.02. The third-order valence-electron chi connectivity index (χ3n) is 2.11. The summed E-state index contributed by atoms with van der Waals surface area (Å²) in [5.41, 5.74) is 1.61. The molecule has 2 aromatic rings. The number of aryl methyl sites for hydroxylation is 1. The van der Waals surface area contributed by atoms with Crippen molar-refractivity contribution >= 4 is 22.8 Å². The minimum atomic E-state index is 0.549. The summed E-state index contributed by atoms with van der Waals surface area (Å²) in [6.45, 7) is 0.763. The summed E-state index contributed by atoms with van der Waals surface area (Å²) in [5.74, 6) is 0. The molecule has 2 aromatic heterocycles. The van der Waals surface area contributed by atoms with E-state index in [2.05, 4.69) is 16.0 Å². The molecular weight excluding hydrogens is 212 g/mol. The predicted octanol–water partition coefficient (Wildman–Crippen LogP) is 2.39. The lowest BCUT2D eigenvalue weighted by atomic mass is 10.3. The topological polar surface area (TPSA) is 54.5 Å². The smallest absolute Gasteiger partial charge is 0.159 e. The zero-order valence-electron chi connectivity index (χ0n) is 8.02. The van der Waals surface area contributed by atoms with Crippen LogP contribution in [0, 0.1) is 11.3 Å². The lowest BCUT2D eigenvalue weighted by Crippen LogP contribution is -1.96. The Bertz CT molecular complexity index is 512. The maximum absolute atomic E-state index is 8.44. The molecule has 0 fully saturated rings. The summed E-state index contributed by atoms with van der Waals surface area (Å²) in [6.07, 6.45) is 4.69. The minimum absolute atomic E-state index is 0.549. The van der Waals surface area contributed by atoms with Gasteiger partial charge in [0.15, 0.2) is 5.65 Å². The van der Waals surface area contributed by atoms with Gasteiger partial charge in [0.2, 0.25) is 0 Å². The van der Waals surface area contributed by atoms with Gasteiger partial charge in [-0.1, -0.05) is 11.6 Å². The standard InChI is InChI=1S/C10H9ClN4/c11-8-5-9-10(13-6-8)15(7-14-9)4-2-1-3-12/h5-7H,1-2,4H2. The van der Waals surface area contributed by atoms with Crippen LogP contribution in [0.4, 0.5) is 0 Å². The Labute approximate surface area is 92.1 Å². The van der Waals surface area contributed by atoms with E-state index in [1.807, 2.05) is 4.57 Å². The number of nitriles is 1. The van der Waals surface area contributed by atoms with Gasteiger partial charge in [-0.3, -0.25) is 0 Å². The molecule has 0 aliphatic rings. The number of nitrogens with zero attached hydrogens (tertiary/aromatic N) is 4. The fourth-order valence-electron chi connectivity index (χ4n) is 1.42. The van der Waals surface area contributed by atoms with E-state index < -0.39 is 0 Å². The van der Waals surface area contributed by atoms with Gasteiger partial charge in [-0.15, -0.1) is 0 Å². The van der Waals surface area contributed by atoms with E-state index in [0.717, 1.165) is 24.1 Å². The molecule has 0 amide bonds. The van der Waals surface area contributed by atoms with Crippen molar-refractivity contribution in [3.63, 3.8) is 0 Å². The number of rotatable bonds is 3. The molecule has 76 valence electrons. The van der Waals surface area contributed by atoms with Gasteiger partial charge in [-0.2, -0.15) is 5.26 Å². The van der Waals surface area contributed by atoms with E-state index in [-0.39, 0.29) is 0 Å². The van der Waals surface area contributed by atoms with Gasteiger partial charge in [0.05, 0.1) is 17.4 Å². The molecule has 0 aliphatic heterocycles. The Morgan fingerprint density at radius 1 is 1.47 bits per heavy atom. The summed E-state index contributed by atoms with van der Waals surface area (Å²) in [4.78, 5) is 8.40. The third kappa shape index (κ3) is 2.08. The molecule has 0 radical (unpaired) electrons. The van der Waals surface area contributed by atoms with Crippen LogP contribution in [0.1, 0.15) is 12.8 Å². The van der Waals surface area contributed by atoms with Crippen molar-refractivity contribution < 1.29 is 0 Å². The first-order chi connectivity index (χ1) is 7.31. The summed E-state index contributed by atoms with van der Waals surface area (Å²) in [6, 6.07) is 3.89. The van der Waals surface area contributed by atoms with E-state index in [4.69, 9.17) is 16.9 Å². The first kappa shape index (κ1) is 9.94. The highest BCUT2D eigenvalue weighted by Crippen LogP contribution is 2.15. The van der Waals surface area contributed by atoms with Crippen molar-refractivity contribution in [3.05, 3.63) is 23.6 Å². The van der Waals surface area contributed by atoms with Crippen LogP contribution in [0.5, 0.6) is 0 Å². The number of imidazole rings is 1. The largest absolute Gasteiger partial charge is 0.315 e. The van der Waals surface area contributed by atoms with Crippen LogP contribution < -0.4 is 0 Å². The average Bonchev–Trinajstić information content (AvgIpc) is 2.61. The van der Waals surface area contributed by atoms with Crippen molar-refractivity contribution in [2.75, 3.05) is 0 Å². The summed E-state index contributed by atoms with van der Waals surface area (Å²) < 4.78 is 1.93. The number of hydrogen-bond donors (Lipinski definition) is 0. The molecule has 0 aromatic carbocycles. The SMILES string of the molecule is N#CCCCn1cnc2cc(Cl)cnc21. The lowest BCUT2D eigenvalue weighted by molar-refractivity contribution is 0.664. The molecule has 0 saturated heterocycles. The van der Waals surface area contributed by atoms with Crippen molar-refractivity contribution in [1.29, 1.82) is 5.26 Å². The molecule has 15 heavy (non-hydrogen) atoms. The molecule has 5 heteroatoms. The maximum Gasteiger partial charge on any atom is 0.159 e. The highest BCUT2D eigenvalue weighted by atomic mass is 35.5. The molecule has 2 rings (SSSR count). The van der Waals surface area contributed by atoms with Crippen LogP contribution in [0.15, 0.2) is 18.6 Å². The first-order valence-electron chi connectivity index (χ1n) is 4.64. The fraction of sp³-hybridized carbons (Fsp3) is 0.300. The van der Waals surface area contributed by atoms with Crippen molar-refractivity contribution in [2.24, 2.45) is 0 Å². The Morgan fingerprint density at radius 3 is 3.13 bits per heavy atom. The van der Waals surface area contributed by atoms with Crippen LogP contribution in [0.2, 0.25) is 5.02 Å². The van der Waals surface area contributed by atoms with Crippen LogP contribution in [0.3, 0.4) is 0 Å². The average molecular weight is 221 g/mol. The number of unbranched alkanes of at least 4 members (excludes halogenated alkanes) is 1. The molecule has 0 spiro atoms. The Kier molecular flexibility index (Phi) is 2.84. The zero-order valence-corrected chi connectivity index (χ0v) is 8.78. The number of hydrogen-bond acceptors (Lipinski definition) is 3. The summed E-state index contributed by atoms with van der Waals surface area (Å²) >= 11 is 5.80. The quantitative estimate of drug-likeness (QED) is 0.747. The lowest BCUT2D eigenvalue weighted by Gasteiger charge is -2.00. The zero-order chi connectivity index (χ0) is 10.7. The van der Waals surface area contributed by atoms with E-state index in [9.17, 15) is 0 Å². The fourth-order valence-corrected chi connectivity index (χ4v) is 1.57. The molecule has 0 aliphatic carbocycles. The molecule has 2 heterocycles. The van der Waals surface area contributed by atoms with Gasteiger partial charge < -0.3 is 4.57 Å². The maximum atomic E-state index is 8.44. The molecule has 0 bridgehead atoms. The predicted molar refractivity (Wildman–Crippen MR) is 57.4 cm³/mol. The number of halogens is 1. The number of pyridine rings is 1.